The second kappa shape index (κ2) is 8.26. The Labute approximate surface area is 141 Å². The SMILES string of the molecule is CC(=O)NCCc1ccc(S(=O)(=O)N2CCNCC2C)s1.Cl. The summed E-state index contributed by atoms with van der Waals surface area (Å²) in [5.74, 6) is -0.0750. The van der Waals surface area contributed by atoms with Gasteiger partial charge < -0.3 is 10.6 Å². The number of hydrogen-bond donors (Lipinski definition) is 2. The Hall–Kier alpha value is -0.670. The van der Waals surface area contributed by atoms with E-state index in [2.05, 4.69) is 10.6 Å². The maximum atomic E-state index is 12.6. The fourth-order valence-corrected chi connectivity index (χ4v) is 5.40. The van der Waals surface area contributed by atoms with E-state index in [0.717, 1.165) is 4.88 Å². The Kier molecular flexibility index (Phi) is 7.27. The van der Waals surface area contributed by atoms with E-state index in [9.17, 15) is 13.2 Å². The number of rotatable bonds is 5. The van der Waals surface area contributed by atoms with Gasteiger partial charge in [-0.2, -0.15) is 4.31 Å². The van der Waals surface area contributed by atoms with Crippen LogP contribution >= 0.6 is 23.7 Å². The van der Waals surface area contributed by atoms with E-state index in [1.807, 2.05) is 13.0 Å². The van der Waals surface area contributed by atoms with Gasteiger partial charge in [0.25, 0.3) is 10.0 Å². The molecule has 0 aliphatic carbocycles. The number of carbonyl (C=O) groups is 1. The molecule has 0 saturated carbocycles. The smallest absolute Gasteiger partial charge is 0.252 e. The molecular weight excluding hydrogens is 346 g/mol. The van der Waals surface area contributed by atoms with Crippen LogP contribution in [0.4, 0.5) is 0 Å². The fourth-order valence-electron chi connectivity index (χ4n) is 2.29. The monoisotopic (exact) mass is 367 g/mol. The van der Waals surface area contributed by atoms with E-state index < -0.39 is 10.0 Å². The highest BCUT2D eigenvalue weighted by Crippen LogP contribution is 2.26. The predicted molar refractivity (Wildman–Crippen MR) is 90.2 cm³/mol. The van der Waals surface area contributed by atoms with Gasteiger partial charge in [0.1, 0.15) is 4.21 Å². The number of nitrogens with one attached hydrogen (secondary N) is 2. The van der Waals surface area contributed by atoms with Crippen molar-refractivity contribution >= 4 is 39.7 Å². The molecule has 6 nitrogen and oxygen atoms in total. The van der Waals surface area contributed by atoms with Gasteiger partial charge in [0.15, 0.2) is 0 Å². The molecule has 1 aliphatic heterocycles. The van der Waals surface area contributed by atoms with Crippen LogP contribution in [-0.2, 0) is 21.2 Å². The molecule has 2 N–H and O–H groups in total. The van der Waals surface area contributed by atoms with Crippen LogP contribution in [0, 0.1) is 0 Å². The van der Waals surface area contributed by atoms with E-state index >= 15 is 0 Å². The number of piperazine rings is 1. The van der Waals surface area contributed by atoms with Crippen LogP contribution in [0.1, 0.15) is 18.7 Å². The van der Waals surface area contributed by atoms with Crippen molar-refractivity contribution < 1.29 is 13.2 Å². The average Bonchev–Trinajstić information content (AvgIpc) is 2.88. The first-order valence-electron chi connectivity index (χ1n) is 6.97. The van der Waals surface area contributed by atoms with Crippen molar-refractivity contribution in [3.05, 3.63) is 17.0 Å². The molecule has 1 saturated heterocycles. The summed E-state index contributed by atoms with van der Waals surface area (Å²) < 4.78 is 27.2. The number of amides is 1. The van der Waals surface area contributed by atoms with Crippen molar-refractivity contribution in [3.8, 4) is 0 Å². The summed E-state index contributed by atoms with van der Waals surface area (Å²) in [5.41, 5.74) is 0. The molecule has 1 unspecified atom stereocenters. The van der Waals surface area contributed by atoms with Gasteiger partial charge in [0.2, 0.25) is 5.91 Å². The Morgan fingerprint density at radius 1 is 1.50 bits per heavy atom. The van der Waals surface area contributed by atoms with Crippen molar-refractivity contribution in [1.29, 1.82) is 0 Å². The van der Waals surface area contributed by atoms with Gasteiger partial charge in [-0.3, -0.25) is 4.79 Å². The molecule has 126 valence electrons. The minimum absolute atomic E-state index is 0. The van der Waals surface area contributed by atoms with Crippen molar-refractivity contribution in [3.63, 3.8) is 0 Å². The summed E-state index contributed by atoms with van der Waals surface area (Å²) in [6, 6.07) is 3.46. The molecule has 9 heteroatoms. The van der Waals surface area contributed by atoms with Crippen LogP contribution in [0.3, 0.4) is 0 Å². The number of carbonyl (C=O) groups excluding carboxylic acids is 1. The van der Waals surface area contributed by atoms with Crippen molar-refractivity contribution in [2.75, 3.05) is 26.2 Å². The summed E-state index contributed by atoms with van der Waals surface area (Å²) in [4.78, 5) is 11.8. The minimum atomic E-state index is -3.41. The first kappa shape index (κ1) is 19.4. The number of sulfonamides is 1. The number of thiophene rings is 1. The number of halogens is 1. The van der Waals surface area contributed by atoms with Gasteiger partial charge in [0.05, 0.1) is 0 Å². The van der Waals surface area contributed by atoms with Crippen LogP contribution in [0.2, 0.25) is 0 Å². The van der Waals surface area contributed by atoms with Gasteiger partial charge in [-0.25, -0.2) is 8.42 Å². The lowest BCUT2D eigenvalue weighted by Crippen LogP contribution is -2.51. The number of hydrogen-bond acceptors (Lipinski definition) is 5. The molecule has 1 atom stereocenters. The molecule has 2 rings (SSSR count). The van der Waals surface area contributed by atoms with Gasteiger partial charge in [-0.1, -0.05) is 0 Å². The second-order valence-corrected chi connectivity index (χ2v) is 8.41. The van der Waals surface area contributed by atoms with Crippen LogP contribution in [0.5, 0.6) is 0 Å². The predicted octanol–water partition coefficient (Wildman–Crippen LogP) is 0.831. The first-order valence-corrected chi connectivity index (χ1v) is 9.22. The molecule has 0 bridgehead atoms. The average molecular weight is 368 g/mol. The van der Waals surface area contributed by atoms with Gasteiger partial charge in [-0.05, 0) is 25.5 Å². The van der Waals surface area contributed by atoms with E-state index in [0.29, 0.717) is 36.8 Å². The molecule has 1 aliphatic rings. The molecule has 22 heavy (non-hydrogen) atoms. The molecular formula is C13H22ClN3O3S2. The summed E-state index contributed by atoms with van der Waals surface area (Å²) in [5, 5.41) is 5.90. The Balaban J connectivity index is 0.00000242. The quantitative estimate of drug-likeness (QED) is 0.808. The van der Waals surface area contributed by atoms with E-state index in [1.165, 1.54) is 18.3 Å². The first-order chi connectivity index (χ1) is 9.91. The highest BCUT2D eigenvalue weighted by atomic mass is 35.5. The summed E-state index contributed by atoms with van der Waals surface area (Å²) >= 11 is 1.29. The normalized spacial score (nSPS) is 19.5. The molecule has 0 spiro atoms. The van der Waals surface area contributed by atoms with E-state index in [1.54, 1.807) is 10.4 Å². The third-order valence-electron chi connectivity index (χ3n) is 3.39. The highest BCUT2D eigenvalue weighted by molar-refractivity contribution is 7.91. The second-order valence-electron chi connectivity index (χ2n) is 5.12. The standard InChI is InChI=1S/C13H21N3O3S2.ClH/c1-10-9-14-7-8-16(10)21(18,19)13-4-3-12(20-13)5-6-15-11(2)17;/h3-4,10,14H,5-9H2,1-2H3,(H,15,17);1H. The van der Waals surface area contributed by atoms with Crippen molar-refractivity contribution in [1.82, 2.24) is 14.9 Å². The lowest BCUT2D eigenvalue weighted by molar-refractivity contribution is -0.118. The summed E-state index contributed by atoms with van der Waals surface area (Å²) in [6.07, 6.45) is 0.650. The minimum Gasteiger partial charge on any atom is -0.356 e. The molecule has 1 aromatic rings. The molecule has 0 radical (unpaired) electrons. The van der Waals surface area contributed by atoms with Crippen LogP contribution in [-0.4, -0.2) is 50.9 Å². The zero-order chi connectivity index (χ0) is 15.5. The maximum Gasteiger partial charge on any atom is 0.252 e. The van der Waals surface area contributed by atoms with Crippen LogP contribution in [0.25, 0.3) is 0 Å². The Morgan fingerprint density at radius 2 is 2.23 bits per heavy atom. The third kappa shape index (κ3) is 4.66. The fraction of sp³-hybridized carbons (Fsp3) is 0.615. The summed E-state index contributed by atoms with van der Waals surface area (Å²) in [7, 11) is -3.41. The number of nitrogens with zero attached hydrogens (tertiary/aromatic N) is 1. The largest absolute Gasteiger partial charge is 0.356 e. The van der Waals surface area contributed by atoms with Crippen LogP contribution in [0.15, 0.2) is 16.3 Å². The van der Waals surface area contributed by atoms with Gasteiger partial charge >= 0.3 is 0 Å². The van der Waals surface area contributed by atoms with Crippen LogP contribution < -0.4 is 10.6 Å². The topological polar surface area (TPSA) is 78.5 Å². The lowest BCUT2D eigenvalue weighted by Gasteiger charge is -2.32. The van der Waals surface area contributed by atoms with E-state index in [-0.39, 0.29) is 24.4 Å². The molecule has 2 heterocycles. The Bertz CT molecular complexity index is 603. The maximum absolute atomic E-state index is 12.6. The summed E-state index contributed by atoms with van der Waals surface area (Å²) in [6.45, 7) is 5.78. The van der Waals surface area contributed by atoms with Gasteiger partial charge in [-0.15, -0.1) is 23.7 Å². The Morgan fingerprint density at radius 3 is 2.86 bits per heavy atom. The molecule has 1 fully saturated rings. The zero-order valence-electron chi connectivity index (χ0n) is 12.7. The zero-order valence-corrected chi connectivity index (χ0v) is 15.1. The molecule has 1 amide bonds. The van der Waals surface area contributed by atoms with E-state index in [4.69, 9.17) is 0 Å². The lowest BCUT2D eigenvalue weighted by atomic mass is 10.3. The highest BCUT2D eigenvalue weighted by Gasteiger charge is 2.31. The molecule has 1 aromatic heterocycles. The third-order valence-corrected chi connectivity index (χ3v) is 7.01. The van der Waals surface area contributed by atoms with Crippen molar-refractivity contribution in [2.45, 2.75) is 30.5 Å². The van der Waals surface area contributed by atoms with Crippen molar-refractivity contribution in [2.24, 2.45) is 0 Å². The van der Waals surface area contributed by atoms with Gasteiger partial charge in [0, 0.05) is 44.0 Å². The molecule has 0 aromatic carbocycles.